The highest BCUT2D eigenvalue weighted by Crippen LogP contribution is 2.24. The zero-order valence-corrected chi connectivity index (χ0v) is 14.1. The maximum absolute atomic E-state index is 12.2. The van der Waals surface area contributed by atoms with Crippen LogP contribution in [-0.2, 0) is 0 Å². The van der Waals surface area contributed by atoms with E-state index in [0.29, 0.717) is 11.1 Å². The molecule has 0 saturated heterocycles. The van der Waals surface area contributed by atoms with Crippen molar-refractivity contribution < 1.29 is 14.0 Å². The summed E-state index contributed by atoms with van der Waals surface area (Å²) in [5.74, 6) is -0.684. The minimum Gasteiger partial charge on any atom is -0.451 e. The van der Waals surface area contributed by atoms with E-state index in [1.165, 1.54) is 0 Å². The maximum atomic E-state index is 12.2. The average molecular weight is 340 g/mol. The molecule has 2 aromatic carbocycles. The molecule has 2 amide bonds. The Morgan fingerprint density at radius 2 is 1.62 bits per heavy atom. The summed E-state index contributed by atoms with van der Waals surface area (Å²) < 4.78 is 5.56. The fraction of sp³-hybridized carbons (Fsp3) is 0.111. The highest BCUT2D eigenvalue weighted by molar-refractivity contribution is 7.98. The number of thioether (sulfide) groups is 1. The van der Waals surface area contributed by atoms with Crippen molar-refractivity contribution in [1.82, 2.24) is 10.9 Å². The van der Waals surface area contributed by atoms with Gasteiger partial charge in [-0.15, -0.1) is 11.8 Å². The first-order valence-corrected chi connectivity index (χ1v) is 8.55. The normalized spacial score (nSPS) is 10.6. The summed E-state index contributed by atoms with van der Waals surface area (Å²) in [6, 6.07) is 14.5. The molecule has 0 aliphatic rings. The molecule has 0 unspecified atom stereocenters. The number of benzene rings is 2. The van der Waals surface area contributed by atoms with Crippen LogP contribution in [0.1, 0.15) is 26.5 Å². The fourth-order valence-corrected chi connectivity index (χ4v) is 2.78. The number of para-hydroxylation sites is 1. The Morgan fingerprint density at radius 1 is 0.958 bits per heavy atom. The van der Waals surface area contributed by atoms with E-state index in [0.717, 1.165) is 15.8 Å². The Balaban J connectivity index is 1.69. The first kappa shape index (κ1) is 16.1. The predicted octanol–water partition coefficient (Wildman–Crippen LogP) is 3.54. The summed E-state index contributed by atoms with van der Waals surface area (Å²) >= 11 is 1.59. The lowest BCUT2D eigenvalue weighted by Gasteiger charge is -2.07. The van der Waals surface area contributed by atoms with Gasteiger partial charge in [-0.05, 0) is 43.5 Å². The molecule has 0 fully saturated rings. The number of aryl methyl sites for hydroxylation is 1. The molecule has 0 spiro atoms. The van der Waals surface area contributed by atoms with Crippen LogP contribution in [0.3, 0.4) is 0 Å². The molecule has 0 saturated carbocycles. The number of hydrogen-bond acceptors (Lipinski definition) is 4. The highest BCUT2D eigenvalue weighted by atomic mass is 32.2. The molecule has 0 bridgehead atoms. The van der Waals surface area contributed by atoms with Gasteiger partial charge in [0.05, 0.1) is 0 Å². The van der Waals surface area contributed by atoms with E-state index in [2.05, 4.69) is 10.9 Å². The molecule has 3 aromatic rings. The van der Waals surface area contributed by atoms with E-state index < -0.39 is 5.91 Å². The molecule has 0 atom stereocenters. The molecule has 0 radical (unpaired) electrons. The van der Waals surface area contributed by atoms with Crippen LogP contribution < -0.4 is 10.9 Å². The maximum Gasteiger partial charge on any atom is 0.305 e. The van der Waals surface area contributed by atoms with Gasteiger partial charge in [0, 0.05) is 21.4 Å². The third kappa shape index (κ3) is 3.14. The number of nitrogens with one attached hydrogen (secondary N) is 2. The summed E-state index contributed by atoms with van der Waals surface area (Å²) in [6.45, 7) is 1.81. The number of hydrazine groups is 1. The van der Waals surface area contributed by atoms with Gasteiger partial charge >= 0.3 is 5.91 Å². The molecular weight excluding hydrogens is 324 g/mol. The third-order valence-corrected chi connectivity index (χ3v) is 4.44. The van der Waals surface area contributed by atoms with Gasteiger partial charge < -0.3 is 4.42 Å². The number of fused-ring (bicyclic) bond motifs is 1. The molecule has 0 aliphatic carbocycles. The lowest BCUT2D eigenvalue weighted by atomic mass is 10.1. The van der Waals surface area contributed by atoms with Crippen LogP contribution in [0.2, 0.25) is 0 Å². The van der Waals surface area contributed by atoms with Crippen molar-refractivity contribution in [3.05, 3.63) is 65.4 Å². The van der Waals surface area contributed by atoms with E-state index >= 15 is 0 Å². The smallest absolute Gasteiger partial charge is 0.305 e. The van der Waals surface area contributed by atoms with E-state index in [-0.39, 0.29) is 11.7 Å². The van der Waals surface area contributed by atoms with Crippen LogP contribution in [0.5, 0.6) is 0 Å². The van der Waals surface area contributed by atoms with Gasteiger partial charge in [-0.1, -0.05) is 18.2 Å². The van der Waals surface area contributed by atoms with Crippen molar-refractivity contribution in [3.8, 4) is 0 Å². The number of carbonyl (C=O) groups excluding carboxylic acids is 2. The average Bonchev–Trinajstić information content (AvgIpc) is 2.96. The minimum absolute atomic E-state index is 0.189. The van der Waals surface area contributed by atoms with Crippen LogP contribution in [0, 0.1) is 6.92 Å². The van der Waals surface area contributed by atoms with Crippen molar-refractivity contribution in [3.63, 3.8) is 0 Å². The van der Waals surface area contributed by atoms with Crippen LogP contribution in [0.15, 0.2) is 57.8 Å². The Bertz CT molecular complexity index is 900. The van der Waals surface area contributed by atoms with Gasteiger partial charge in [0.15, 0.2) is 5.76 Å². The minimum atomic E-state index is -0.488. The number of carbonyl (C=O) groups is 2. The topological polar surface area (TPSA) is 71.3 Å². The largest absolute Gasteiger partial charge is 0.451 e. The second kappa shape index (κ2) is 6.80. The predicted molar refractivity (Wildman–Crippen MR) is 94.1 cm³/mol. The SMILES string of the molecule is CSc1ccc(C(=O)NNC(=O)c2oc3ccccc3c2C)cc1. The molecular formula is C18H16N2O3S. The lowest BCUT2D eigenvalue weighted by molar-refractivity contribution is 0.0831. The van der Waals surface area contributed by atoms with Gasteiger partial charge in [-0.2, -0.15) is 0 Å². The monoisotopic (exact) mass is 340 g/mol. The molecule has 122 valence electrons. The zero-order chi connectivity index (χ0) is 17.1. The number of amides is 2. The van der Waals surface area contributed by atoms with Crippen LogP contribution in [0.25, 0.3) is 11.0 Å². The molecule has 6 heteroatoms. The van der Waals surface area contributed by atoms with Gasteiger partial charge in [0.2, 0.25) is 0 Å². The van der Waals surface area contributed by atoms with Gasteiger partial charge in [0.25, 0.3) is 5.91 Å². The third-order valence-electron chi connectivity index (χ3n) is 3.69. The molecule has 1 aromatic heterocycles. The lowest BCUT2D eigenvalue weighted by Crippen LogP contribution is -2.41. The summed E-state index contributed by atoms with van der Waals surface area (Å²) in [4.78, 5) is 25.4. The standard InChI is InChI=1S/C18H16N2O3S/c1-11-14-5-3-4-6-15(14)23-16(11)18(22)20-19-17(21)12-7-9-13(24-2)10-8-12/h3-10H,1-2H3,(H,19,21)(H,20,22). The van der Waals surface area contributed by atoms with E-state index in [1.807, 2.05) is 43.5 Å². The Morgan fingerprint density at radius 3 is 2.29 bits per heavy atom. The van der Waals surface area contributed by atoms with E-state index in [9.17, 15) is 9.59 Å². The van der Waals surface area contributed by atoms with Crippen molar-refractivity contribution in [2.75, 3.05) is 6.26 Å². The fourth-order valence-electron chi connectivity index (χ4n) is 2.38. The van der Waals surface area contributed by atoms with Crippen molar-refractivity contribution in [2.24, 2.45) is 0 Å². The van der Waals surface area contributed by atoms with Crippen LogP contribution >= 0.6 is 11.8 Å². The Hall–Kier alpha value is -2.73. The second-order valence-electron chi connectivity index (χ2n) is 5.19. The molecule has 24 heavy (non-hydrogen) atoms. The highest BCUT2D eigenvalue weighted by Gasteiger charge is 2.18. The Kier molecular flexibility index (Phi) is 4.57. The van der Waals surface area contributed by atoms with Crippen molar-refractivity contribution >= 4 is 34.5 Å². The first-order chi connectivity index (χ1) is 11.6. The summed E-state index contributed by atoms with van der Waals surface area (Å²) in [5.41, 5.74) is 6.63. The van der Waals surface area contributed by atoms with Crippen LogP contribution in [0.4, 0.5) is 0 Å². The molecule has 1 heterocycles. The Labute approximate surface area is 143 Å². The van der Waals surface area contributed by atoms with E-state index in [1.54, 1.807) is 30.0 Å². The molecule has 3 rings (SSSR count). The van der Waals surface area contributed by atoms with Crippen molar-refractivity contribution in [2.45, 2.75) is 11.8 Å². The molecule has 2 N–H and O–H groups in total. The van der Waals surface area contributed by atoms with Crippen LogP contribution in [-0.4, -0.2) is 18.1 Å². The van der Waals surface area contributed by atoms with Crippen molar-refractivity contribution in [1.29, 1.82) is 0 Å². The number of hydrogen-bond donors (Lipinski definition) is 2. The summed E-state index contributed by atoms with van der Waals surface area (Å²) in [5, 5.41) is 0.877. The number of furan rings is 1. The zero-order valence-electron chi connectivity index (χ0n) is 13.3. The first-order valence-electron chi connectivity index (χ1n) is 7.33. The second-order valence-corrected chi connectivity index (χ2v) is 6.07. The van der Waals surface area contributed by atoms with Gasteiger partial charge in [0.1, 0.15) is 5.58 Å². The number of rotatable bonds is 3. The van der Waals surface area contributed by atoms with E-state index in [4.69, 9.17) is 4.42 Å². The molecule has 0 aliphatic heterocycles. The summed E-state index contributed by atoms with van der Waals surface area (Å²) in [6.07, 6.45) is 1.96. The quantitative estimate of drug-likeness (QED) is 0.565. The van der Waals surface area contributed by atoms with Gasteiger partial charge in [-0.3, -0.25) is 20.4 Å². The molecule has 5 nitrogen and oxygen atoms in total. The van der Waals surface area contributed by atoms with Gasteiger partial charge in [-0.25, -0.2) is 0 Å². The summed E-state index contributed by atoms with van der Waals surface area (Å²) in [7, 11) is 0.